The van der Waals surface area contributed by atoms with E-state index in [1.807, 2.05) is 47.8 Å². The van der Waals surface area contributed by atoms with Crippen LogP contribution in [-0.2, 0) is 19.6 Å². The summed E-state index contributed by atoms with van der Waals surface area (Å²) >= 11 is 3.04. The Kier molecular flexibility index (Phi) is 18.6. The highest BCUT2D eigenvalue weighted by molar-refractivity contribution is 7.16. The van der Waals surface area contributed by atoms with Crippen LogP contribution in [0.3, 0.4) is 0 Å². The number of nitrogens with zero attached hydrogens (tertiary/aromatic N) is 7. The molecular formula is C47H58N10O8S2. The molecule has 20 heteroatoms. The number of aromatic nitrogens is 2. The van der Waals surface area contributed by atoms with Crippen LogP contribution in [0.1, 0.15) is 16.0 Å². The lowest BCUT2D eigenvalue weighted by molar-refractivity contribution is -0.385. The van der Waals surface area contributed by atoms with Crippen molar-refractivity contribution < 1.29 is 28.8 Å². The third kappa shape index (κ3) is 14.5. The number of nitrogens with one attached hydrogen (secondary N) is 3. The maximum absolute atomic E-state index is 11.3. The van der Waals surface area contributed by atoms with Gasteiger partial charge in [0.2, 0.25) is 0 Å². The summed E-state index contributed by atoms with van der Waals surface area (Å²) in [4.78, 5) is 38.9. The van der Waals surface area contributed by atoms with E-state index in [0.29, 0.717) is 41.8 Å². The maximum atomic E-state index is 11.3. The zero-order valence-corrected chi connectivity index (χ0v) is 40.3. The minimum absolute atomic E-state index is 0.0512. The Morgan fingerprint density at radius 2 is 1.16 bits per heavy atom. The maximum Gasteiger partial charge on any atom is 0.270 e. The molecular weight excluding hydrogens is 897 g/mol. The second-order valence-corrected chi connectivity index (χ2v) is 17.6. The van der Waals surface area contributed by atoms with Crippen LogP contribution in [0, 0.1) is 20.2 Å². The number of hydrogen-bond acceptors (Lipinski definition) is 18. The van der Waals surface area contributed by atoms with Gasteiger partial charge in [-0.05, 0) is 49.5 Å². The van der Waals surface area contributed by atoms with E-state index < -0.39 is 4.92 Å². The Hall–Kier alpha value is -6.42. The molecule has 4 aromatic carbocycles. The first-order valence-corrected chi connectivity index (χ1v) is 23.3. The SMILES string of the molecule is CN1CCNCC1.COc1ccc(CNc2nc(-c3cccc([N+](=O)[O-])c3)c(CN3CCN(C)CC3)s2)cc1OC.COc1ccc(CNc2nc(-c3cccc([N+](=O)[O-])c3)cs2)cc1OC. The zero-order chi connectivity index (χ0) is 47.7. The average molecular weight is 955 g/mol. The van der Waals surface area contributed by atoms with Gasteiger partial charge >= 0.3 is 0 Å². The van der Waals surface area contributed by atoms with Gasteiger partial charge in [-0.1, -0.05) is 36.4 Å². The summed E-state index contributed by atoms with van der Waals surface area (Å²) in [5, 5.41) is 35.6. The topological polar surface area (TPSA) is 195 Å². The number of hydrogen-bond donors (Lipinski definition) is 3. The molecule has 2 saturated heterocycles. The highest BCUT2D eigenvalue weighted by Gasteiger charge is 2.21. The molecule has 6 aromatic rings. The van der Waals surface area contributed by atoms with Crippen LogP contribution in [0.25, 0.3) is 22.5 Å². The number of nitro benzene ring substituents is 2. The largest absolute Gasteiger partial charge is 0.493 e. The number of non-ortho nitro benzene ring substituents is 2. The van der Waals surface area contributed by atoms with Crippen LogP contribution in [-0.4, -0.2) is 129 Å². The van der Waals surface area contributed by atoms with Gasteiger partial charge in [-0.2, -0.15) is 0 Å². The van der Waals surface area contributed by atoms with Crippen LogP contribution in [0.4, 0.5) is 21.6 Å². The Labute approximate surface area is 398 Å². The predicted molar refractivity (Wildman–Crippen MR) is 265 cm³/mol. The average Bonchev–Trinajstić information content (AvgIpc) is 4.01. The quantitative estimate of drug-likeness (QED) is 0.0624. The molecule has 18 nitrogen and oxygen atoms in total. The van der Waals surface area contributed by atoms with Crippen LogP contribution in [0.2, 0.25) is 0 Å². The number of nitro groups is 2. The molecule has 0 bridgehead atoms. The number of benzene rings is 4. The first-order valence-electron chi connectivity index (χ1n) is 21.6. The minimum Gasteiger partial charge on any atom is -0.493 e. The molecule has 0 atom stereocenters. The summed E-state index contributed by atoms with van der Waals surface area (Å²) in [6.07, 6.45) is 0. The van der Waals surface area contributed by atoms with Gasteiger partial charge in [0, 0.05) is 118 Å². The number of methoxy groups -OCH3 is 4. The van der Waals surface area contributed by atoms with E-state index in [1.165, 1.54) is 42.6 Å². The first kappa shape index (κ1) is 50.0. The van der Waals surface area contributed by atoms with Gasteiger partial charge in [0.05, 0.1) is 49.7 Å². The molecule has 2 aliphatic rings. The lowest BCUT2D eigenvalue weighted by atomic mass is 10.1. The third-order valence-electron chi connectivity index (χ3n) is 11.0. The summed E-state index contributed by atoms with van der Waals surface area (Å²) in [5.41, 5.74) is 5.14. The summed E-state index contributed by atoms with van der Waals surface area (Å²) in [5.74, 6) is 2.71. The highest BCUT2D eigenvalue weighted by atomic mass is 32.1. The normalized spacial score (nSPS) is 14.1. The molecule has 0 spiro atoms. The van der Waals surface area contributed by atoms with Crippen molar-refractivity contribution in [3.63, 3.8) is 0 Å². The molecule has 3 N–H and O–H groups in total. The molecule has 356 valence electrons. The Bertz CT molecular complexity index is 2540. The Morgan fingerprint density at radius 1 is 0.642 bits per heavy atom. The fourth-order valence-electron chi connectivity index (χ4n) is 7.12. The lowest BCUT2D eigenvalue weighted by Crippen LogP contribution is -2.43. The molecule has 67 heavy (non-hydrogen) atoms. The monoisotopic (exact) mass is 954 g/mol. The van der Waals surface area contributed by atoms with Crippen molar-refractivity contribution in [2.75, 3.05) is 106 Å². The number of ether oxygens (including phenoxy) is 4. The number of rotatable bonds is 16. The smallest absolute Gasteiger partial charge is 0.270 e. The third-order valence-corrected chi connectivity index (χ3v) is 12.8. The molecule has 2 aromatic heterocycles. The van der Waals surface area contributed by atoms with Crippen molar-refractivity contribution in [1.82, 2.24) is 30.0 Å². The van der Waals surface area contributed by atoms with Gasteiger partial charge in [0.25, 0.3) is 11.4 Å². The standard InChI is InChI=1S/C24H29N5O4S.C18H17N3O4S.C5H12N2/c1-27-9-11-28(12-10-27)16-22-23(18-5-4-6-19(14-18)29(30)31)26-24(34-22)25-15-17-7-8-20(32-2)21(13-17)33-3;1-24-16-7-6-12(8-17(16)25-2)10-19-18-20-15(11-26-18)13-4-3-5-14(9-13)21(22)23;1-7-4-2-6-3-5-7/h4-8,13-14H,9-12,15-16H2,1-3H3,(H,25,26);3-9,11H,10H2,1-2H3,(H,19,20);6H,2-5H2,1H3. The molecule has 0 radical (unpaired) electrons. The minimum atomic E-state index is -0.411. The second-order valence-electron chi connectivity index (χ2n) is 15.7. The number of likely N-dealkylation sites (N-methyl/N-ethyl adjacent to an activating group) is 2. The van der Waals surface area contributed by atoms with Gasteiger partial charge in [-0.25, -0.2) is 9.97 Å². The van der Waals surface area contributed by atoms with Crippen molar-refractivity contribution in [2.45, 2.75) is 19.6 Å². The number of anilines is 2. The summed E-state index contributed by atoms with van der Waals surface area (Å²) in [7, 11) is 10.7. The fraction of sp³-hybridized carbons (Fsp3) is 0.362. The summed E-state index contributed by atoms with van der Waals surface area (Å²) < 4.78 is 21.2. The lowest BCUT2D eigenvalue weighted by Gasteiger charge is -2.32. The van der Waals surface area contributed by atoms with E-state index >= 15 is 0 Å². The van der Waals surface area contributed by atoms with Crippen molar-refractivity contribution in [3.05, 3.63) is 127 Å². The van der Waals surface area contributed by atoms with Gasteiger partial charge in [-0.15, -0.1) is 22.7 Å². The van der Waals surface area contributed by atoms with Gasteiger partial charge in [0.1, 0.15) is 0 Å². The molecule has 0 aliphatic carbocycles. The molecule has 4 heterocycles. The van der Waals surface area contributed by atoms with E-state index in [1.54, 1.807) is 64.0 Å². The molecule has 0 saturated carbocycles. The van der Waals surface area contributed by atoms with Crippen molar-refractivity contribution in [1.29, 1.82) is 0 Å². The Balaban J connectivity index is 0.000000198. The van der Waals surface area contributed by atoms with E-state index in [0.717, 1.165) is 88.9 Å². The van der Waals surface area contributed by atoms with Crippen LogP contribution < -0.4 is 34.9 Å². The molecule has 8 rings (SSSR count). The van der Waals surface area contributed by atoms with E-state index in [-0.39, 0.29) is 16.3 Å². The van der Waals surface area contributed by atoms with Crippen LogP contribution in [0.15, 0.2) is 90.3 Å². The van der Waals surface area contributed by atoms with Crippen molar-refractivity contribution in [3.8, 4) is 45.5 Å². The van der Waals surface area contributed by atoms with E-state index in [2.05, 4.69) is 49.7 Å². The van der Waals surface area contributed by atoms with Crippen molar-refractivity contribution in [2.24, 2.45) is 0 Å². The molecule has 2 fully saturated rings. The Morgan fingerprint density at radius 3 is 1.69 bits per heavy atom. The highest BCUT2D eigenvalue weighted by Crippen LogP contribution is 2.35. The molecule has 2 aliphatic heterocycles. The summed E-state index contributed by atoms with van der Waals surface area (Å²) in [6.45, 7) is 10.7. The van der Waals surface area contributed by atoms with Gasteiger partial charge < -0.3 is 44.7 Å². The number of thiazole rings is 2. The van der Waals surface area contributed by atoms with Crippen LogP contribution >= 0.6 is 22.7 Å². The first-order chi connectivity index (χ1) is 32.5. The summed E-state index contributed by atoms with van der Waals surface area (Å²) in [6, 6.07) is 24.6. The van der Waals surface area contributed by atoms with Crippen molar-refractivity contribution >= 4 is 44.3 Å². The fourth-order valence-corrected chi connectivity index (χ4v) is 8.86. The predicted octanol–water partition coefficient (Wildman–Crippen LogP) is 7.96. The second kappa shape index (κ2) is 24.9. The zero-order valence-electron chi connectivity index (χ0n) is 38.7. The van der Waals surface area contributed by atoms with E-state index in [9.17, 15) is 20.2 Å². The number of piperazine rings is 2. The van der Waals surface area contributed by atoms with Crippen LogP contribution in [0.5, 0.6) is 23.0 Å². The molecule has 0 unspecified atom stereocenters. The molecule has 0 amide bonds. The van der Waals surface area contributed by atoms with Gasteiger partial charge in [0.15, 0.2) is 33.3 Å². The van der Waals surface area contributed by atoms with Gasteiger partial charge in [-0.3, -0.25) is 25.1 Å². The van der Waals surface area contributed by atoms with E-state index in [4.69, 9.17) is 23.9 Å².